The smallest absolute Gasteiger partial charge is 0.120 e. The first-order valence-corrected chi connectivity index (χ1v) is 6.15. The summed E-state index contributed by atoms with van der Waals surface area (Å²) in [7, 11) is 0. The summed E-state index contributed by atoms with van der Waals surface area (Å²) in [5.74, 6) is 0. The normalized spacial score (nSPS) is 11.2. The summed E-state index contributed by atoms with van der Waals surface area (Å²) < 4.78 is 1.96. The second kappa shape index (κ2) is 4.70. The number of rotatable bonds is 2. The third-order valence-electron chi connectivity index (χ3n) is 3.12. The van der Waals surface area contributed by atoms with E-state index in [0.29, 0.717) is 5.69 Å². The molecule has 0 aliphatic carbocycles. The third-order valence-corrected chi connectivity index (χ3v) is 3.12. The van der Waals surface area contributed by atoms with Crippen LogP contribution in [-0.2, 0) is 12.0 Å². The van der Waals surface area contributed by atoms with Crippen LogP contribution >= 0.6 is 0 Å². The van der Waals surface area contributed by atoms with Gasteiger partial charge in [0.25, 0.3) is 0 Å². The lowest BCUT2D eigenvalue weighted by Crippen LogP contribution is -2.11. The van der Waals surface area contributed by atoms with E-state index in [4.69, 9.17) is 5.26 Å². The fraction of sp³-hybridized carbons (Fsp3) is 0.312. The maximum Gasteiger partial charge on any atom is 0.120 e. The molecular weight excluding hydrogens is 220 g/mol. The topological polar surface area (TPSA) is 28.7 Å². The standard InChI is InChI=1S/C16H18N2/c1-16(2,3)14-8-6-13(7-9-14)12-18-10-4-5-15(18)11-17/h4-10H,12H2,1-3H3. The molecule has 1 heterocycles. The highest BCUT2D eigenvalue weighted by Gasteiger charge is 2.12. The van der Waals surface area contributed by atoms with Gasteiger partial charge in [-0.3, -0.25) is 0 Å². The van der Waals surface area contributed by atoms with Crippen molar-refractivity contribution in [3.8, 4) is 6.07 Å². The SMILES string of the molecule is CC(C)(C)c1ccc(Cn2cccc2C#N)cc1. The Labute approximate surface area is 108 Å². The van der Waals surface area contributed by atoms with Crippen molar-refractivity contribution in [2.24, 2.45) is 0 Å². The molecule has 0 saturated carbocycles. The molecule has 1 aromatic carbocycles. The molecule has 0 N–H and O–H groups in total. The molecule has 1 aromatic heterocycles. The third kappa shape index (κ3) is 2.62. The molecule has 0 radical (unpaired) electrons. The molecule has 18 heavy (non-hydrogen) atoms. The Morgan fingerprint density at radius 2 is 1.78 bits per heavy atom. The second-order valence-corrected chi connectivity index (χ2v) is 5.58. The molecule has 92 valence electrons. The molecule has 0 bridgehead atoms. The van der Waals surface area contributed by atoms with E-state index in [1.54, 1.807) is 0 Å². The summed E-state index contributed by atoms with van der Waals surface area (Å²) in [5.41, 5.74) is 3.44. The molecule has 2 aromatic rings. The lowest BCUT2D eigenvalue weighted by Gasteiger charge is -2.19. The molecule has 0 amide bonds. The molecule has 0 aliphatic rings. The summed E-state index contributed by atoms with van der Waals surface area (Å²) in [6, 6.07) is 14.6. The van der Waals surface area contributed by atoms with Crippen molar-refractivity contribution in [1.82, 2.24) is 4.57 Å². The van der Waals surface area contributed by atoms with E-state index in [1.807, 2.05) is 22.9 Å². The van der Waals surface area contributed by atoms with Gasteiger partial charge in [-0.25, -0.2) is 0 Å². The number of hydrogen-bond donors (Lipinski definition) is 0. The molecule has 0 atom stereocenters. The number of hydrogen-bond acceptors (Lipinski definition) is 1. The van der Waals surface area contributed by atoms with Gasteiger partial charge in [0.15, 0.2) is 0 Å². The van der Waals surface area contributed by atoms with Crippen LogP contribution in [-0.4, -0.2) is 4.57 Å². The summed E-state index contributed by atoms with van der Waals surface area (Å²) >= 11 is 0. The highest BCUT2D eigenvalue weighted by atomic mass is 15.0. The first-order chi connectivity index (χ1) is 8.50. The lowest BCUT2D eigenvalue weighted by atomic mass is 9.87. The van der Waals surface area contributed by atoms with Crippen LogP contribution in [0.15, 0.2) is 42.6 Å². The van der Waals surface area contributed by atoms with Gasteiger partial charge in [-0.1, -0.05) is 45.0 Å². The second-order valence-electron chi connectivity index (χ2n) is 5.58. The predicted octanol–water partition coefficient (Wildman–Crippen LogP) is 3.71. The molecule has 0 spiro atoms. The van der Waals surface area contributed by atoms with Crippen molar-refractivity contribution in [2.75, 3.05) is 0 Å². The Morgan fingerprint density at radius 1 is 1.11 bits per heavy atom. The Kier molecular flexibility index (Phi) is 3.25. The van der Waals surface area contributed by atoms with E-state index in [2.05, 4.69) is 51.1 Å². The molecule has 0 fully saturated rings. The molecule has 0 unspecified atom stereocenters. The molecule has 2 rings (SSSR count). The Balaban J connectivity index is 2.19. The van der Waals surface area contributed by atoms with Gasteiger partial charge >= 0.3 is 0 Å². The largest absolute Gasteiger partial charge is 0.335 e. The summed E-state index contributed by atoms with van der Waals surface area (Å²) in [5, 5.41) is 8.97. The number of aromatic nitrogens is 1. The van der Waals surface area contributed by atoms with E-state index >= 15 is 0 Å². The minimum atomic E-state index is 0.184. The van der Waals surface area contributed by atoms with Crippen LogP contribution in [0.3, 0.4) is 0 Å². The summed E-state index contributed by atoms with van der Waals surface area (Å²) in [6.07, 6.45) is 1.94. The summed E-state index contributed by atoms with van der Waals surface area (Å²) in [6.45, 7) is 7.38. The quantitative estimate of drug-likeness (QED) is 0.784. The first-order valence-electron chi connectivity index (χ1n) is 6.15. The van der Waals surface area contributed by atoms with E-state index in [1.165, 1.54) is 11.1 Å². The minimum absolute atomic E-state index is 0.184. The predicted molar refractivity (Wildman–Crippen MR) is 73.4 cm³/mol. The highest BCUT2D eigenvalue weighted by molar-refractivity contribution is 5.29. The van der Waals surface area contributed by atoms with E-state index in [-0.39, 0.29) is 5.41 Å². The molecular formula is C16H18N2. The van der Waals surface area contributed by atoms with Crippen LogP contribution in [0.5, 0.6) is 0 Å². The average molecular weight is 238 g/mol. The van der Waals surface area contributed by atoms with Gasteiger partial charge in [0, 0.05) is 12.7 Å². The van der Waals surface area contributed by atoms with Gasteiger partial charge in [-0.05, 0) is 28.7 Å². The number of nitrogens with zero attached hydrogens (tertiary/aromatic N) is 2. The van der Waals surface area contributed by atoms with Crippen LogP contribution in [0.2, 0.25) is 0 Å². The van der Waals surface area contributed by atoms with Crippen LogP contribution in [0.4, 0.5) is 0 Å². The van der Waals surface area contributed by atoms with Crippen molar-refractivity contribution in [2.45, 2.75) is 32.7 Å². The van der Waals surface area contributed by atoms with Crippen LogP contribution in [0.1, 0.15) is 37.6 Å². The van der Waals surface area contributed by atoms with E-state index in [9.17, 15) is 0 Å². The molecule has 2 nitrogen and oxygen atoms in total. The minimum Gasteiger partial charge on any atom is -0.335 e. The Bertz CT molecular complexity index is 562. The number of nitriles is 1. The van der Waals surface area contributed by atoms with Crippen molar-refractivity contribution >= 4 is 0 Å². The fourth-order valence-electron chi connectivity index (χ4n) is 1.96. The van der Waals surface area contributed by atoms with Gasteiger partial charge in [0.2, 0.25) is 0 Å². The van der Waals surface area contributed by atoms with Gasteiger partial charge in [-0.15, -0.1) is 0 Å². The van der Waals surface area contributed by atoms with Crippen molar-refractivity contribution in [3.63, 3.8) is 0 Å². The zero-order valence-electron chi connectivity index (χ0n) is 11.1. The van der Waals surface area contributed by atoms with E-state index in [0.717, 1.165) is 6.54 Å². The Morgan fingerprint density at radius 3 is 2.33 bits per heavy atom. The van der Waals surface area contributed by atoms with Crippen LogP contribution in [0, 0.1) is 11.3 Å². The fourth-order valence-corrected chi connectivity index (χ4v) is 1.96. The maximum atomic E-state index is 8.97. The zero-order valence-corrected chi connectivity index (χ0v) is 11.1. The van der Waals surface area contributed by atoms with E-state index < -0.39 is 0 Å². The summed E-state index contributed by atoms with van der Waals surface area (Å²) in [4.78, 5) is 0. The van der Waals surface area contributed by atoms with Crippen molar-refractivity contribution < 1.29 is 0 Å². The molecule has 0 saturated heterocycles. The maximum absolute atomic E-state index is 8.97. The molecule has 0 aliphatic heterocycles. The van der Waals surface area contributed by atoms with Gasteiger partial charge in [0.05, 0.1) is 0 Å². The Hall–Kier alpha value is -2.01. The highest BCUT2D eigenvalue weighted by Crippen LogP contribution is 2.22. The van der Waals surface area contributed by atoms with Gasteiger partial charge in [0.1, 0.15) is 11.8 Å². The van der Waals surface area contributed by atoms with Crippen LogP contribution < -0.4 is 0 Å². The van der Waals surface area contributed by atoms with Crippen molar-refractivity contribution in [1.29, 1.82) is 5.26 Å². The average Bonchev–Trinajstić information content (AvgIpc) is 2.76. The zero-order chi connectivity index (χ0) is 13.2. The lowest BCUT2D eigenvalue weighted by molar-refractivity contribution is 0.589. The van der Waals surface area contributed by atoms with Crippen molar-refractivity contribution in [3.05, 3.63) is 59.4 Å². The monoisotopic (exact) mass is 238 g/mol. The number of benzene rings is 1. The van der Waals surface area contributed by atoms with Gasteiger partial charge in [-0.2, -0.15) is 5.26 Å². The molecule has 2 heteroatoms. The van der Waals surface area contributed by atoms with Crippen LogP contribution in [0.25, 0.3) is 0 Å². The van der Waals surface area contributed by atoms with Gasteiger partial charge < -0.3 is 4.57 Å². The first kappa shape index (κ1) is 12.4.